The van der Waals surface area contributed by atoms with Gasteiger partial charge in [0.2, 0.25) is 0 Å². The molecule has 164 valence electrons. The number of nitrogens with zero attached hydrogens (tertiary/aromatic N) is 5. The van der Waals surface area contributed by atoms with E-state index in [1.165, 1.54) is 0 Å². The first-order valence-electron chi connectivity index (χ1n) is 10.4. The minimum atomic E-state index is -1.02. The van der Waals surface area contributed by atoms with Gasteiger partial charge in [0, 0.05) is 25.6 Å². The van der Waals surface area contributed by atoms with E-state index in [1.54, 1.807) is 24.7 Å². The van der Waals surface area contributed by atoms with Crippen LogP contribution in [0, 0.1) is 0 Å². The smallest absolute Gasteiger partial charge is 0.255 e. The first-order chi connectivity index (χ1) is 15.2. The fourth-order valence-electron chi connectivity index (χ4n) is 4.31. The van der Waals surface area contributed by atoms with Crippen LogP contribution in [0.3, 0.4) is 0 Å². The van der Waals surface area contributed by atoms with Crippen molar-refractivity contribution in [3.05, 3.63) is 75.6 Å². The lowest BCUT2D eigenvalue weighted by atomic mass is 9.92. The zero-order chi connectivity index (χ0) is 22.6. The number of aromatic nitrogens is 5. The minimum absolute atomic E-state index is 0.0502. The number of aromatic amines is 1. The van der Waals surface area contributed by atoms with Crippen LogP contribution < -0.4 is 0 Å². The maximum absolute atomic E-state index is 13.5. The maximum atomic E-state index is 13.5. The van der Waals surface area contributed by atoms with Crippen LogP contribution in [0.1, 0.15) is 52.6 Å². The van der Waals surface area contributed by atoms with Gasteiger partial charge in [-0.3, -0.25) is 9.48 Å². The molecule has 2 aromatic heterocycles. The normalized spacial score (nSPS) is 16.2. The second kappa shape index (κ2) is 7.43. The largest absolute Gasteiger partial charge is 0.386 e. The van der Waals surface area contributed by atoms with Gasteiger partial charge in [-0.2, -0.15) is 20.5 Å². The van der Waals surface area contributed by atoms with Crippen LogP contribution in [0.2, 0.25) is 5.02 Å². The first kappa shape index (κ1) is 20.7. The van der Waals surface area contributed by atoms with Crippen LogP contribution in [-0.2, 0) is 25.6 Å². The van der Waals surface area contributed by atoms with Crippen molar-refractivity contribution in [2.24, 2.45) is 7.05 Å². The number of carbonyl (C=O) groups is 1. The van der Waals surface area contributed by atoms with Crippen molar-refractivity contribution >= 4 is 28.5 Å². The lowest BCUT2D eigenvalue weighted by Crippen LogP contribution is -2.29. The second-order valence-electron chi connectivity index (χ2n) is 8.72. The molecule has 1 aliphatic heterocycles. The molecular formula is C23H23ClN6O2. The van der Waals surface area contributed by atoms with Gasteiger partial charge < -0.3 is 10.0 Å². The molecule has 1 atom stereocenters. The number of benzene rings is 2. The topological polar surface area (TPSA) is 99.9 Å². The van der Waals surface area contributed by atoms with E-state index >= 15 is 0 Å². The summed E-state index contributed by atoms with van der Waals surface area (Å²) in [6.07, 6.45) is 2.13. The third-order valence-electron chi connectivity index (χ3n) is 6.12. The fraction of sp³-hybridized carbons (Fsp3) is 0.304. The Hall–Kier alpha value is -3.23. The highest BCUT2D eigenvalue weighted by molar-refractivity contribution is 6.31. The number of aryl methyl sites for hydroxylation is 1. The Morgan fingerprint density at radius 2 is 1.94 bits per heavy atom. The van der Waals surface area contributed by atoms with Crippen LogP contribution >= 0.6 is 11.6 Å². The van der Waals surface area contributed by atoms with Gasteiger partial charge in [0.05, 0.1) is 28.6 Å². The summed E-state index contributed by atoms with van der Waals surface area (Å²) in [5.74, 6) is -0.0502. The van der Waals surface area contributed by atoms with Crippen molar-refractivity contribution in [3.63, 3.8) is 0 Å². The molecule has 2 N–H and O–H groups in total. The van der Waals surface area contributed by atoms with Crippen LogP contribution in [0.4, 0.5) is 0 Å². The van der Waals surface area contributed by atoms with E-state index in [2.05, 4.69) is 20.5 Å². The molecule has 9 heteroatoms. The lowest BCUT2D eigenvalue weighted by Gasteiger charge is -2.26. The summed E-state index contributed by atoms with van der Waals surface area (Å²) in [6.45, 7) is 3.89. The summed E-state index contributed by atoms with van der Waals surface area (Å²) in [4.78, 5) is 15.3. The van der Waals surface area contributed by atoms with Gasteiger partial charge in [-0.15, -0.1) is 0 Å². The van der Waals surface area contributed by atoms with E-state index in [-0.39, 0.29) is 11.9 Å². The zero-order valence-corrected chi connectivity index (χ0v) is 18.8. The summed E-state index contributed by atoms with van der Waals surface area (Å²) >= 11 is 6.41. The molecule has 4 aromatic rings. The molecule has 1 unspecified atom stereocenters. The maximum Gasteiger partial charge on any atom is 0.255 e. The zero-order valence-electron chi connectivity index (χ0n) is 18.0. The van der Waals surface area contributed by atoms with E-state index in [4.69, 9.17) is 11.6 Å². The molecule has 0 fully saturated rings. The van der Waals surface area contributed by atoms with Crippen molar-refractivity contribution in [2.75, 3.05) is 0 Å². The minimum Gasteiger partial charge on any atom is -0.386 e. The summed E-state index contributed by atoms with van der Waals surface area (Å²) in [7, 11) is 1.84. The molecule has 0 saturated carbocycles. The summed E-state index contributed by atoms with van der Waals surface area (Å²) in [6, 6.07) is 11.1. The van der Waals surface area contributed by atoms with Crippen LogP contribution in [0.25, 0.3) is 11.0 Å². The number of aliphatic hydroxyl groups is 1. The number of H-pyrrole nitrogens is 1. The van der Waals surface area contributed by atoms with Gasteiger partial charge in [-0.25, -0.2) is 0 Å². The second-order valence-corrected chi connectivity index (χ2v) is 9.13. The molecule has 1 aliphatic rings. The number of nitrogens with one attached hydrogen (secondary N) is 1. The number of hydrogen-bond donors (Lipinski definition) is 2. The standard InChI is InChI=1S/C23H23ClN6O2/c1-23(2,32)14-5-6-15-16(9-14)20(10-21-17(24)11-25-29(21)3)30(22(15)31)12-13-4-7-18-19(8-13)27-28-26-18/h4-9,11,20,32H,10,12H2,1-3H3,(H,26,27,28). The average Bonchev–Trinajstić information content (AvgIpc) is 3.41. The Morgan fingerprint density at radius 1 is 1.16 bits per heavy atom. The predicted molar refractivity (Wildman–Crippen MR) is 120 cm³/mol. The van der Waals surface area contributed by atoms with Crippen LogP contribution in [0.5, 0.6) is 0 Å². The Morgan fingerprint density at radius 3 is 2.66 bits per heavy atom. The number of fused-ring (bicyclic) bond motifs is 2. The SMILES string of the molecule is Cn1ncc(Cl)c1CC1c2cc(C(C)(C)O)ccc2C(=O)N1Cc1ccc2n[nH]nc2c1. The van der Waals surface area contributed by atoms with Crippen molar-refractivity contribution in [1.29, 1.82) is 0 Å². The van der Waals surface area contributed by atoms with Gasteiger partial charge in [-0.05, 0) is 48.7 Å². The van der Waals surface area contributed by atoms with Crippen molar-refractivity contribution < 1.29 is 9.90 Å². The molecule has 5 rings (SSSR count). The van der Waals surface area contributed by atoms with E-state index in [0.29, 0.717) is 23.6 Å². The van der Waals surface area contributed by atoms with Crippen molar-refractivity contribution in [1.82, 2.24) is 30.1 Å². The fourth-order valence-corrected chi connectivity index (χ4v) is 4.55. The Bertz CT molecular complexity index is 1320. The molecule has 0 bridgehead atoms. The highest BCUT2D eigenvalue weighted by Crippen LogP contribution is 2.40. The van der Waals surface area contributed by atoms with E-state index < -0.39 is 5.60 Å². The molecule has 32 heavy (non-hydrogen) atoms. The molecule has 8 nitrogen and oxygen atoms in total. The number of halogens is 1. The Kier molecular flexibility index (Phi) is 4.79. The van der Waals surface area contributed by atoms with Crippen LogP contribution in [0.15, 0.2) is 42.6 Å². The molecule has 1 amide bonds. The van der Waals surface area contributed by atoms with Gasteiger partial charge >= 0.3 is 0 Å². The van der Waals surface area contributed by atoms with E-state index in [9.17, 15) is 9.90 Å². The third kappa shape index (κ3) is 3.45. The van der Waals surface area contributed by atoms with Gasteiger partial charge in [0.25, 0.3) is 5.91 Å². The quantitative estimate of drug-likeness (QED) is 0.484. The Labute approximate surface area is 189 Å². The molecule has 0 saturated heterocycles. The van der Waals surface area contributed by atoms with Crippen molar-refractivity contribution in [3.8, 4) is 0 Å². The van der Waals surface area contributed by atoms with Gasteiger partial charge in [0.1, 0.15) is 11.0 Å². The number of rotatable bonds is 5. The molecular weight excluding hydrogens is 428 g/mol. The van der Waals surface area contributed by atoms with Gasteiger partial charge in [0.15, 0.2) is 0 Å². The number of carbonyl (C=O) groups excluding carboxylic acids is 1. The van der Waals surface area contributed by atoms with Crippen LogP contribution in [-0.4, -0.2) is 41.1 Å². The monoisotopic (exact) mass is 450 g/mol. The average molecular weight is 451 g/mol. The highest BCUT2D eigenvalue weighted by Gasteiger charge is 2.38. The first-order valence-corrected chi connectivity index (χ1v) is 10.7. The summed E-state index contributed by atoms with van der Waals surface area (Å²) in [5, 5.41) is 26.2. The molecule has 0 spiro atoms. The number of amides is 1. The molecule has 2 aromatic carbocycles. The molecule has 0 aliphatic carbocycles. The van der Waals surface area contributed by atoms with E-state index in [1.807, 2.05) is 48.3 Å². The Balaban J connectivity index is 1.57. The van der Waals surface area contributed by atoms with Crippen molar-refractivity contribution in [2.45, 2.75) is 38.5 Å². The summed E-state index contributed by atoms with van der Waals surface area (Å²) in [5.41, 5.74) is 4.60. The number of hydrogen-bond acceptors (Lipinski definition) is 5. The summed E-state index contributed by atoms with van der Waals surface area (Å²) < 4.78 is 1.74. The van der Waals surface area contributed by atoms with E-state index in [0.717, 1.165) is 33.4 Å². The highest BCUT2D eigenvalue weighted by atomic mass is 35.5. The molecule has 0 radical (unpaired) electrons. The van der Waals surface area contributed by atoms with Gasteiger partial charge in [-0.1, -0.05) is 29.8 Å². The lowest BCUT2D eigenvalue weighted by molar-refractivity contribution is 0.0708. The third-order valence-corrected chi connectivity index (χ3v) is 6.43. The predicted octanol–water partition coefficient (Wildman–Crippen LogP) is 3.51. The molecule has 3 heterocycles.